The maximum atomic E-state index is 10.9. The SMILES string of the molecule is CO.CSCCCOc1cc(C)c(-c2cccc(OCc3ccc4c(c3)SCC4CC=O)n2)c(C)c1. The summed E-state index contributed by atoms with van der Waals surface area (Å²) in [6.45, 7) is 5.40. The molecule has 0 saturated carbocycles. The van der Waals surface area contributed by atoms with Crippen LogP contribution in [0.2, 0.25) is 0 Å². The summed E-state index contributed by atoms with van der Waals surface area (Å²) < 4.78 is 12.0. The number of aliphatic hydroxyl groups excluding tert-OH is 1. The molecule has 1 N–H and O–H groups in total. The zero-order valence-electron chi connectivity index (χ0n) is 21.5. The molecule has 1 unspecified atom stereocenters. The fraction of sp³-hybridized carbons (Fsp3) is 0.379. The van der Waals surface area contributed by atoms with Crippen molar-refractivity contribution in [3.05, 3.63) is 70.8 Å². The Hall–Kier alpha value is -2.48. The number of benzene rings is 2. The molecule has 192 valence electrons. The van der Waals surface area contributed by atoms with Crippen LogP contribution in [0.5, 0.6) is 11.6 Å². The lowest BCUT2D eigenvalue weighted by atomic mass is 9.97. The molecular weight excluding hydrogens is 490 g/mol. The fourth-order valence-electron chi connectivity index (χ4n) is 4.32. The van der Waals surface area contributed by atoms with Gasteiger partial charge in [-0.3, -0.25) is 0 Å². The molecule has 0 radical (unpaired) electrons. The molecule has 3 aromatic rings. The van der Waals surface area contributed by atoms with Gasteiger partial charge in [0.1, 0.15) is 18.6 Å². The third kappa shape index (κ3) is 7.28. The summed E-state index contributed by atoms with van der Waals surface area (Å²) in [6.07, 6.45) is 4.78. The van der Waals surface area contributed by atoms with E-state index in [0.29, 0.717) is 24.8 Å². The lowest BCUT2D eigenvalue weighted by Gasteiger charge is -2.14. The lowest BCUT2D eigenvalue weighted by Crippen LogP contribution is -2.02. The number of carbonyl (C=O) groups is 1. The van der Waals surface area contributed by atoms with Crippen molar-refractivity contribution in [1.82, 2.24) is 4.98 Å². The summed E-state index contributed by atoms with van der Waals surface area (Å²) in [5, 5.41) is 7.00. The number of aromatic nitrogens is 1. The van der Waals surface area contributed by atoms with Crippen molar-refractivity contribution in [1.29, 1.82) is 0 Å². The summed E-state index contributed by atoms with van der Waals surface area (Å²) in [5.74, 6) is 3.95. The highest BCUT2D eigenvalue weighted by molar-refractivity contribution is 7.99. The minimum atomic E-state index is 0.337. The predicted octanol–water partition coefficient (Wildman–Crippen LogP) is 6.46. The summed E-state index contributed by atoms with van der Waals surface area (Å²) in [4.78, 5) is 17.0. The van der Waals surface area contributed by atoms with Crippen LogP contribution >= 0.6 is 23.5 Å². The van der Waals surface area contributed by atoms with Gasteiger partial charge in [0.05, 0.1) is 12.3 Å². The van der Waals surface area contributed by atoms with E-state index in [9.17, 15) is 4.79 Å². The molecule has 7 heteroatoms. The quantitative estimate of drug-likeness (QED) is 0.227. The number of hydrogen-bond acceptors (Lipinski definition) is 7. The second kappa shape index (κ2) is 14.3. The number of fused-ring (bicyclic) bond motifs is 1. The third-order valence-electron chi connectivity index (χ3n) is 5.97. The van der Waals surface area contributed by atoms with Gasteiger partial charge in [-0.25, -0.2) is 4.98 Å². The molecule has 0 bridgehead atoms. The zero-order valence-corrected chi connectivity index (χ0v) is 23.1. The van der Waals surface area contributed by atoms with Crippen LogP contribution in [-0.2, 0) is 11.4 Å². The standard InChI is InChI=1S/C28H31NO3S2.CH4O/c1-19-14-23(31-12-5-13-33-3)15-20(2)28(19)25-6-4-7-27(29-25)32-17-21-8-9-24-22(10-11-30)18-34-26(24)16-21;1-2/h4,6-9,11,14-16,22H,5,10,12-13,17-18H2,1-3H3;2H,1H3. The van der Waals surface area contributed by atoms with Crippen molar-refractivity contribution in [3.8, 4) is 22.9 Å². The van der Waals surface area contributed by atoms with E-state index in [1.54, 1.807) is 0 Å². The first-order valence-corrected chi connectivity index (χ1v) is 14.4. The Labute approximate surface area is 223 Å². The molecule has 2 aromatic carbocycles. The lowest BCUT2D eigenvalue weighted by molar-refractivity contribution is -0.108. The number of thioether (sulfide) groups is 2. The first kappa shape index (κ1) is 28.1. The Morgan fingerprint density at radius 1 is 1.11 bits per heavy atom. The monoisotopic (exact) mass is 525 g/mol. The van der Waals surface area contributed by atoms with Gasteiger partial charge >= 0.3 is 0 Å². The molecule has 36 heavy (non-hydrogen) atoms. The number of ether oxygens (including phenoxy) is 2. The molecule has 4 rings (SSSR count). The van der Waals surface area contributed by atoms with E-state index >= 15 is 0 Å². The highest BCUT2D eigenvalue weighted by Crippen LogP contribution is 2.41. The number of aliphatic hydroxyl groups is 1. The van der Waals surface area contributed by atoms with Gasteiger partial charge in [-0.1, -0.05) is 18.2 Å². The van der Waals surface area contributed by atoms with Crippen LogP contribution in [0.1, 0.15) is 41.0 Å². The van der Waals surface area contributed by atoms with Crippen molar-refractivity contribution >= 4 is 29.8 Å². The van der Waals surface area contributed by atoms with Crippen molar-refractivity contribution in [2.75, 3.05) is 31.5 Å². The van der Waals surface area contributed by atoms with Crippen LogP contribution in [0.4, 0.5) is 0 Å². The van der Waals surface area contributed by atoms with Crippen LogP contribution in [0, 0.1) is 13.8 Å². The predicted molar refractivity (Wildman–Crippen MR) is 151 cm³/mol. The smallest absolute Gasteiger partial charge is 0.214 e. The van der Waals surface area contributed by atoms with Gasteiger partial charge in [0.25, 0.3) is 0 Å². The molecule has 1 atom stereocenters. The van der Waals surface area contributed by atoms with Crippen LogP contribution in [0.15, 0.2) is 53.4 Å². The van der Waals surface area contributed by atoms with Crippen molar-refractivity contribution in [2.45, 2.75) is 44.1 Å². The first-order chi connectivity index (χ1) is 17.6. The van der Waals surface area contributed by atoms with Crippen molar-refractivity contribution < 1.29 is 19.4 Å². The summed E-state index contributed by atoms with van der Waals surface area (Å²) in [6, 6.07) is 16.5. The van der Waals surface area contributed by atoms with Gasteiger partial charge in [-0.05, 0) is 78.8 Å². The van der Waals surface area contributed by atoms with Gasteiger partial charge in [-0.2, -0.15) is 11.8 Å². The van der Waals surface area contributed by atoms with Crippen molar-refractivity contribution in [3.63, 3.8) is 0 Å². The Kier molecular flexibility index (Phi) is 11.2. The molecule has 2 heterocycles. The third-order valence-corrected chi connectivity index (χ3v) is 7.90. The molecule has 0 amide bonds. The second-order valence-electron chi connectivity index (χ2n) is 8.56. The Bertz CT molecular complexity index is 1130. The van der Waals surface area contributed by atoms with Gasteiger partial charge in [0.15, 0.2) is 0 Å². The number of aryl methyl sites for hydroxylation is 2. The minimum absolute atomic E-state index is 0.337. The number of pyridine rings is 1. The van der Waals surface area contributed by atoms with Gasteiger partial charge in [-0.15, -0.1) is 11.8 Å². The number of hydrogen-bond donors (Lipinski definition) is 1. The first-order valence-electron chi connectivity index (χ1n) is 12.1. The number of rotatable bonds is 11. The van der Waals surface area contributed by atoms with E-state index in [-0.39, 0.29) is 0 Å². The van der Waals surface area contributed by atoms with Gasteiger partial charge in [0, 0.05) is 41.7 Å². The number of carbonyl (C=O) groups excluding carboxylic acids is 1. The van der Waals surface area contributed by atoms with Crippen LogP contribution in [-0.4, -0.2) is 47.9 Å². The largest absolute Gasteiger partial charge is 0.494 e. The van der Waals surface area contributed by atoms with Crippen molar-refractivity contribution in [2.24, 2.45) is 0 Å². The molecule has 0 saturated heterocycles. The highest BCUT2D eigenvalue weighted by atomic mass is 32.2. The Morgan fingerprint density at radius 2 is 1.89 bits per heavy atom. The second-order valence-corrected chi connectivity index (χ2v) is 10.6. The summed E-state index contributed by atoms with van der Waals surface area (Å²) in [7, 11) is 1.00. The van der Waals surface area contributed by atoms with Gasteiger partial charge in [0.2, 0.25) is 5.88 Å². The zero-order chi connectivity index (χ0) is 25.9. The summed E-state index contributed by atoms with van der Waals surface area (Å²) >= 11 is 3.66. The minimum Gasteiger partial charge on any atom is -0.494 e. The molecule has 1 aliphatic heterocycles. The summed E-state index contributed by atoms with van der Waals surface area (Å²) in [5.41, 5.74) is 6.71. The van der Waals surface area contributed by atoms with E-state index in [4.69, 9.17) is 19.6 Å². The van der Waals surface area contributed by atoms with E-state index in [2.05, 4.69) is 50.4 Å². The molecule has 0 aliphatic carbocycles. The molecule has 0 fully saturated rings. The normalized spacial score (nSPS) is 14.0. The average molecular weight is 526 g/mol. The Balaban J connectivity index is 0.00000176. The Morgan fingerprint density at radius 3 is 2.61 bits per heavy atom. The molecule has 5 nitrogen and oxygen atoms in total. The van der Waals surface area contributed by atoms with Gasteiger partial charge < -0.3 is 19.4 Å². The molecule has 1 aromatic heterocycles. The fourth-order valence-corrected chi connectivity index (χ4v) is 6.06. The number of aldehydes is 1. The van der Waals surface area contributed by atoms with E-state index < -0.39 is 0 Å². The molecular formula is C29H35NO4S2. The van der Waals surface area contributed by atoms with Crippen LogP contribution in [0.25, 0.3) is 11.3 Å². The van der Waals surface area contributed by atoms with E-state index in [0.717, 1.165) is 71.6 Å². The van der Waals surface area contributed by atoms with E-state index in [1.165, 1.54) is 10.5 Å². The average Bonchev–Trinajstić information content (AvgIpc) is 3.29. The highest BCUT2D eigenvalue weighted by Gasteiger charge is 2.23. The molecule has 0 spiro atoms. The van der Waals surface area contributed by atoms with Crippen LogP contribution in [0.3, 0.4) is 0 Å². The topological polar surface area (TPSA) is 68.7 Å². The van der Waals surface area contributed by atoms with Crippen LogP contribution < -0.4 is 9.47 Å². The van der Waals surface area contributed by atoms with E-state index in [1.807, 2.05) is 41.7 Å². The maximum Gasteiger partial charge on any atom is 0.214 e. The maximum absolute atomic E-state index is 10.9. The number of nitrogens with zero attached hydrogens (tertiary/aromatic N) is 1. The molecule has 1 aliphatic rings.